The number of hydrogen-bond donors (Lipinski definition) is 1. The molecule has 0 unspecified atom stereocenters. The average Bonchev–Trinajstić information content (AvgIpc) is 2.51. The van der Waals surface area contributed by atoms with Gasteiger partial charge in [0.25, 0.3) is 0 Å². The molecule has 0 spiro atoms. The van der Waals surface area contributed by atoms with Gasteiger partial charge in [-0.05, 0) is 45.1 Å². The van der Waals surface area contributed by atoms with Crippen LogP contribution in [0.1, 0.15) is 26.7 Å². The zero-order valence-electron chi connectivity index (χ0n) is 12.6. The molecule has 0 aliphatic carbocycles. The van der Waals surface area contributed by atoms with Crippen molar-refractivity contribution in [3.8, 4) is 5.75 Å². The molecule has 1 saturated heterocycles. The molecule has 1 fully saturated rings. The lowest BCUT2D eigenvalue weighted by atomic mass is 10.1. The van der Waals surface area contributed by atoms with Gasteiger partial charge >= 0.3 is 0 Å². The number of benzene rings is 1. The zero-order chi connectivity index (χ0) is 13.9. The summed E-state index contributed by atoms with van der Waals surface area (Å²) in [6, 6.07) is 10.7. The molecule has 3 heteroatoms. The monoisotopic (exact) mass is 264 g/mol. The summed E-state index contributed by atoms with van der Waals surface area (Å²) in [5.74, 6) is 0.964. The van der Waals surface area contributed by atoms with Gasteiger partial charge in [0.1, 0.15) is 12.4 Å². The van der Waals surface area contributed by atoms with Crippen molar-refractivity contribution in [1.82, 2.24) is 10.2 Å². The molecule has 0 amide bonds. The summed E-state index contributed by atoms with van der Waals surface area (Å²) >= 11 is 0. The van der Waals surface area contributed by atoms with Crippen LogP contribution in [0, 0.1) is 0 Å². The Balaban J connectivity index is 0.000000861. The van der Waals surface area contributed by atoms with E-state index < -0.39 is 0 Å². The third-order valence-electron chi connectivity index (χ3n) is 3.39. The average molecular weight is 264 g/mol. The standard InChI is InChI=1S/C14H22N2O.C2H6/c1-16(13-7-9-15-10-8-13)11-12-17-14-5-3-2-4-6-14;1-2/h2-6,13,15H,7-12H2,1H3;1-2H3. The lowest BCUT2D eigenvalue weighted by molar-refractivity contribution is 0.165. The quantitative estimate of drug-likeness (QED) is 0.885. The molecule has 0 atom stereocenters. The first-order valence-corrected chi connectivity index (χ1v) is 7.45. The summed E-state index contributed by atoms with van der Waals surface area (Å²) in [5, 5.41) is 3.39. The largest absolute Gasteiger partial charge is 0.492 e. The van der Waals surface area contributed by atoms with Crippen LogP contribution in [-0.4, -0.2) is 44.2 Å². The van der Waals surface area contributed by atoms with E-state index in [1.165, 1.54) is 12.8 Å². The van der Waals surface area contributed by atoms with Crippen molar-refractivity contribution >= 4 is 0 Å². The SMILES string of the molecule is CC.CN(CCOc1ccccc1)C1CCNCC1. The van der Waals surface area contributed by atoms with E-state index in [2.05, 4.69) is 17.3 Å². The minimum Gasteiger partial charge on any atom is -0.492 e. The van der Waals surface area contributed by atoms with E-state index in [0.717, 1.165) is 38.0 Å². The summed E-state index contributed by atoms with van der Waals surface area (Å²) in [6.45, 7) is 8.06. The van der Waals surface area contributed by atoms with Crippen molar-refractivity contribution in [3.63, 3.8) is 0 Å². The minimum absolute atomic E-state index is 0.718. The number of nitrogens with zero attached hydrogens (tertiary/aromatic N) is 1. The molecule has 0 radical (unpaired) electrons. The molecule has 1 aliphatic heterocycles. The van der Waals surface area contributed by atoms with Crippen LogP contribution >= 0.6 is 0 Å². The Morgan fingerprint density at radius 1 is 1.16 bits per heavy atom. The third-order valence-corrected chi connectivity index (χ3v) is 3.39. The van der Waals surface area contributed by atoms with E-state index in [4.69, 9.17) is 4.74 Å². The maximum Gasteiger partial charge on any atom is 0.119 e. The lowest BCUT2D eigenvalue weighted by Gasteiger charge is -2.31. The predicted octanol–water partition coefficient (Wildman–Crippen LogP) is 2.78. The van der Waals surface area contributed by atoms with E-state index in [1.54, 1.807) is 0 Å². The molecule has 1 N–H and O–H groups in total. The Bertz CT molecular complexity index is 310. The Kier molecular flexibility index (Phi) is 8.26. The van der Waals surface area contributed by atoms with E-state index in [0.29, 0.717) is 0 Å². The van der Waals surface area contributed by atoms with E-state index >= 15 is 0 Å². The van der Waals surface area contributed by atoms with Crippen LogP contribution in [0.15, 0.2) is 30.3 Å². The normalized spacial score (nSPS) is 15.8. The van der Waals surface area contributed by atoms with Gasteiger partial charge in [0.15, 0.2) is 0 Å². The molecular weight excluding hydrogens is 236 g/mol. The third kappa shape index (κ3) is 6.08. The van der Waals surface area contributed by atoms with E-state index in [9.17, 15) is 0 Å². The summed E-state index contributed by atoms with van der Waals surface area (Å²) in [6.07, 6.45) is 2.50. The number of rotatable bonds is 5. The van der Waals surface area contributed by atoms with Crippen LogP contribution in [0.25, 0.3) is 0 Å². The van der Waals surface area contributed by atoms with Crippen molar-refractivity contribution in [2.75, 3.05) is 33.3 Å². The van der Waals surface area contributed by atoms with Crippen molar-refractivity contribution in [2.45, 2.75) is 32.7 Å². The molecule has 3 nitrogen and oxygen atoms in total. The first-order valence-electron chi connectivity index (χ1n) is 7.45. The molecule has 2 rings (SSSR count). The van der Waals surface area contributed by atoms with Gasteiger partial charge in [0.05, 0.1) is 0 Å². The fourth-order valence-corrected chi connectivity index (χ4v) is 2.25. The van der Waals surface area contributed by atoms with Gasteiger partial charge in [-0.15, -0.1) is 0 Å². The molecule has 1 heterocycles. The number of para-hydroxylation sites is 1. The predicted molar refractivity (Wildman–Crippen MR) is 81.8 cm³/mol. The fraction of sp³-hybridized carbons (Fsp3) is 0.625. The first-order chi connectivity index (χ1) is 9.36. The number of ether oxygens (including phenoxy) is 1. The maximum absolute atomic E-state index is 5.71. The van der Waals surface area contributed by atoms with Gasteiger partial charge in [0.2, 0.25) is 0 Å². The van der Waals surface area contributed by atoms with Crippen molar-refractivity contribution in [2.24, 2.45) is 0 Å². The Hall–Kier alpha value is -1.06. The highest BCUT2D eigenvalue weighted by atomic mass is 16.5. The van der Waals surface area contributed by atoms with Crippen LogP contribution < -0.4 is 10.1 Å². The maximum atomic E-state index is 5.71. The lowest BCUT2D eigenvalue weighted by Crippen LogP contribution is -2.42. The van der Waals surface area contributed by atoms with Crippen molar-refractivity contribution in [1.29, 1.82) is 0 Å². The van der Waals surface area contributed by atoms with Gasteiger partial charge in [-0.25, -0.2) is 0 Å². The van der Waals surface area contributed by atoms with Crippen molar-refractivity contribution < 1.29 is 4.74 Å². The van der Waals surface area contributed by atoms with Crippen LogP contribution in [0.4, 0.5) is 0 Å². The molecule has 0 saturated carbocycles. The Morgan fingerprint density at radius 3 is 2.42 bits per heavy atom. The van der Waals surface area contributed by atoms with Crippen LogP contribution in [-0.2, 0) is 0 Å². The van der Waals surface area contributed by atoms with Crippen LogP contribution in [0.3, 0.4) is 0 Å². The highest BCUT2D eigenvalue weighted by molar-refractivity contribution is 5.20. The fourth-order valence-electron chi connectivity index (χ4n) is 2.25. The molecular formula is C16H28N2O. The van der Waals surface area contributed by atoms with Gasteiger partial charge in [-0.3, -0.25) is 4.90 Å². The second-order valence-electron chi connectivity index (χ2n) is 4.62. The minimum atomic E-state index is 0.718. The molecule has 19 heavy (non-hydrogen) atoms. The second kappa shape index (κ2) is 9.82. The molecule has 0 bridgehead atoms. The first kappa shape index (κ1) is 16.0. The number of nitrogens with one attached hydrogen (secondary N) is 1. The van der Waals surface area contributed by atoms with Gasteiger partial charge in [0, 0.05) is 12.6 Å². The van der Waals surface area contributed by atoms with Crippen LogP contribution in [0.2, 0.25) is 0 Å². The molecule has 1 aromatic rings. The molecule has 0 aromatic heterocycles. The zero-order valence-corrected chi connectivity index (χ0v) is 12.6. The molecule has 108 valence electrons. The smallest absolute Gasteiger partial charge is 0.119 e. The summed E-state index contributed by atoms with van der Waals surface area (Å²) in [4.78, 5) is 2.42. The summed E-state index contributed by atoms with van der Waals surface area (Å²) in [7, 11) is 2.20. The van der Waals surface area contributed by atoms with Crippen molar-refractivity contribution in [3.05, 3.63) is 30.3 Å². The summed E-state index contributed by atoms with van der Waals surface area (Å²) in [5.41, 5.74) is 0. The van der Waals surface area contributed by atoms with E-state index in [1.807, 2.05) is 44.2 Å². The summed E-state index contributed by atoms with van der Waals surface area (Å²) < 4.78 is 5.71. The number of hydrogen-bond acceptors (Lipinski definition) is 3. The van der Waals surface area contributed by atoms with Gasteiger partial charge in [-0.2, -0.15) is 0 Å². The Labute approximate surface area is 118 Å². The number of likely N-dealkylation sites (N-methyl/N-ethyl adjacent to an activating group) is 1. The van der Waals surface area contributed by atoms with Gasteiger partial charge in [-0.1, -0.05) is 32.0 Å². The molecule has 1 aliphatic rings. The topological polar surface area (TPSA) is 24.5 Å². The highest BCUT2D eigenvalue weighted by Crippen LogP contribution is 2.11. The second-order valence-corrected chi connectivity index (χ2v) is 4.62. The Morgan fingerprint density at radius 2 is 1.79 bits per heavy atom. The van der Waals surface area contributed by atoms with Crippen LogP contribution in [0.5, 0.6) is 5.75 Å². The highest BCUT2D eigenvalue weighted by Gasteiger charge is 2.17. The van der Waals surface area contributed by atoms with E-state index in [-0.39, 0.29) is 0 Å². The number of piperidine rings is 1. The van der Waals surface area contributed by atoms with Gasteiger partial charge < -0.3 is 10.1 Å². The molecule has 1 aromatic carbocycles.